The number of ether oxygens (including phenoxy) is 1. The molecule has 2 heterocycles. The molecule has 1 aliphatic heterocycles. The number of methoxy groups -OCH3 is 1. The molecule has 2 rings (SSSR count). The number of anilines is 1. The Morgan fingerprint density at radius 3 is 3.05 bits per heavy atom. The highest BCUT2D eigenvalue weighted by Gasteiger charge is 2.30. The molecule has 0 radical (unpaired) electrons. The number of carbonyl (C=O) groups is 1. The molecule has 2 unspecified atom stereocenters. The van der Waals surface area contributed by atoms with Crippen molar-refractivity contribution in [2.45, 2.75) is 25.0 Å². The van der Waals surface area contributed by atoms with Crippen LogP contribution in [0.1, 0.15) is 23.2 Å². The molecule has 1 aliphatic rings. The average Bonchev–Trinajstić information content (AvgIpc) is 2.46. The third kappa shape index (κ3) is 2.85. The molecule has 6 heteroatoms. The van der Waals surface area contributed by atoms with Crippen LogP contribution in [-0.2, 0) is 4.74 Å². The number of primary amides is 1. The zero-order valence-corrected chi connectivity index (χ0v) is 11.1. The number of amides is 1. The fourth-order valence-electron chi connectivity index (χ4n) is 2.55. The average molecular weight is 264 g/mol. The topological polar surface area (TPSA) is 94.5 Å². The maximum absolute atomic E-state index is 11.5. The highest BCUT2D eigenvalue weighted by molar-refractivity contribution is 5.97. The van der Waals surface area contributed by atoms with E-state index in [1.165, 1.54) is 0 Å². The molecule has 6 nitrogen and oxygen atoms in total. The van der Waals surface area contributed by atoms with Crippen LogP contribution in [0.3, 0.4) is 0 Å². The van der Waals surface area contributed by atoms with Gasteiger partial charge in [0.1, 0.15) is 5.82 Å². The van der Waals surface area contributed by atoms with Crippen LogP contribution in [0.2, 0.25) is 0 Å². The number of pyridine rings is 1. The predicted molar refractivity (Wildman–Crippen MR) is 73.0 cm³/mol. The summed E-state index contributed by atoms with van der Waals surface area (Å²) in [6.07, 6.45) is 3.60. The third-order valence-corrected chi connectivity index (χ3v) is 3.60. The summed E-state index contributed by atoms with van der Waals surface area (Å²) >= 11 is 0. The highest BCUT2D eigenvalue weighted by Crippen LogP contribution is 2.26. The molecule has 19 heavy (non-hydrogen) atoms. The molecule has 2 atom stereocenters. The van der Waals surface area contributed by atoms with Crippen LogP contribution < -0.4 is 16.4 Å². The van der Waals surface area contributed by atoms with Crippen molar-refractivity contribution in [3.63, 3.8) is 0 Å². The lowest BCUT2D eigenvalue weighted by Gasteiger charge is -2.39. The molecule has 1 aromatic rings. The van der Waals surface area contributed by atoms with E-state index in [0.717, 1.165) is 19.4 Å². The summed E-state index contributed by atoms with van der Waals surface area (Å²) in [6, 6.07) is 3.52. The summed E-state index contributed by atoms with van der Waals surface area (Å²) in [5.74, 6) is 0.160. The van der Waals surface area contributed by atoms with Crippen LogP contribution in [0, 0.1) is 0 Å². The van der Waals surface area contributed by atoms with Gasteiger partial charge in [0.2, 0.25) is 0 Å². The van der Waals surface area contributed by atoms with Crippen molar-refractivity contribution in [1.82, 2.24) is 4.98 Å². The van der Waals surface area contributed by atoms with E-state index >= 15 is 0 Å². The number of hydrogen-bond donors (Lipinski definition) is 2. The van der Waals surface area contributed by atoms with Crippen LogP contribution in [0.25, 0.3) is 0 Å². The zero-order chi connectivity index (χ0) is 13.8. The summed E-state index contributed by atoms with van der Waals surface area (Å²) in [6.45, 7) is 1.26. The molecule has 0 spiro atoms. The molecule has 0 aromatic carbocycles. The van der Waals surface area contributed by atoms with Gasteiger partial charge in [0.05, 0.1) is 11.7 Å². The molecule has 0 bridgehead atoms. The van der Waals surface area contributed by atoms with Gasteiger partial charge in [0, 0.05) is 32.4 Å². The van der Waals surface area contributed by atoms with E-state index in [1.807, 2.05) is 0 Å². The molecular formula is C13H20N4O2. The van der Waals surface area contributed by atoms with Crippen molar-refractivity contribution in [1.29, 1.82) is 0 Å². The number of carbonyl (C=O) groups excluding carboxylic acids is 1. The Labute approximate surface area is 112 Å². The smallest absolute Gasteiger partial charge is 0.252 e. The monoisotopic (exact) mass is 264 g/mol. The Kier molecular flexibility index (Phi) is 4.34. The van der Waals surface area contributed by atoms with Crippen molar-refractivity contribution in [3.05, 3.63) is 23.9 Å². The Balaban J connectivity index is 2.28. The van der Waals surface area contributed by atoms with Gasteiger partial charge in [-0.05, 0) is 25.0 Å². The fourth-order valence-corrected chi connectivity index (χ4v) is 2.55. The molecule has 4 N–H and O–H groups in total. The standard InChI is InChI=1S/C13H20N4O2/c1-19-10-4-6-17(9(7-10)8-14)13-11(12(15)18)3-2-5-16-13/h2-3,5,9-10H,4,6-8,14H2,1H3,(H2,15,18). The molecule has 1 fully saturated rings. The molecule has 1 saturated heterocycles. The first-order valence-corrected chi connectivity index (χ1v) is 6.41. The number of hydrogen-bond acceptors (Lipinski definition) is 5. The number of rotatable bonds is 4. The summed E-state index contributed by atoms with van der Waals surface area (Å²) in [5.41, 5.74) is 11.7. The highest BCUT2D eigenvalue weighted by atomic mass is 16.5. The largest absolute Gasteiger partial charge is 0.381 e. The summed E-state index contributed by atoms with van der Waals surface area (Å²) < 4.78 is 5.39. The van der Waals surface area contributed by atoms with Crippen molar-refractivity contribution in [2.75, 3.05) is 25.1 Å². The van der Waals surface area contributed by atoms with E-state index in [-0.39, 0.29) is 12.1 Å². The van der Waals surface area contributed by atoms with Crippen LogP contribution >= 0.6 is 0 Å². The maximum Gasteiger partial charge on any atom is 0.252 e. The minimum Gasteiger partial charge on any atom is -0.381 e. The molecule has 0 aliphatic carbocycles. The van der Waals surface area contributed by atoms with Crippen LogP contribution in [0.5, 0.6) is 0 Å². The Hall–Kier alpha value is -1.66. The normalized spacial score (nSPS) is 23.4. The lowest BCUT2D eigenvalue weighted by molar-refractivity contribution is 0.0707. The Morgan fingerprint density at radius 1 is 1.63 bits per heavy atom. The second-order valence-electron chi connectivity index (χ2n) is 4.70. The van der Waals surface area contributed by atoms with E-state index in [9.17, 15) is 4.79 Å². The number of nitrogens with zero attached hydrogens (tertiary/aromatic N) is 2. The van der Waals surface area contributed by atoms with Gasteiger partial charge in [-0.25, -0.2) is 4.98 Å². The van der Waals surface area contributed by atoms with E-state index < -0.39 is 5.91 Å². The van der Waals surface area contributed by atoms with Gasteiger partial charge in [0.25, 0.3) is 5.91 Å². The lowest BCUT2D eigenvalue weighted by atomic mass is 9.98. The summed E-state index contributed by atoms with van der Waals surface area (Å²) in [7, 11) is 1.71. The quantitative estimate of drug-likeness (QED) is 0.805. The lowest BCUT2D eigenvalue weighted by Crippen LogP contribution is -2.49. The van der Waals surface area contributed by atoms with Gasteiger partial charge in [-0.2, -0.15) is 0 Å². The van der Waals surface area contributed by atoms with Gasteiger partial charge in [-0.3, -0.25) is 4.79 Å². The fraction of sp³-hybridized carbons (Fsp3) is 0.538. The molecule has 1 amide bonds. The molecular weight excluding hydrogens is 244 g/mol. The van der Waals surface area contributed by atoms with Crippen molar-refractivity contribution in [3.8, 4) is 0 Å². The minimum absolute atomic E-state index is 0.117. The Morgan fingerprint density at radius 2 is 2.42 bits per heavy atom. The number of aromatic nitrogens is 1. The van der Waals surface area contributed by atoms with Crippen molar-refractivity contribution in [2.24, 2.45) is 11.5 Å². The third-order valence-electron chi connectivity index (χ3n) is 3.60. The van der Waals surface area contributed by atoms with E-state index in [1.54, 1.807) is 25.4 Å². The predicted octanol–water partition coefficient (Wildman–Crippen LogP) is 0.123. The van der Waals surface area contributed by atoms with Gasteiger partial charge in [0.15, 0.2) is 0 Å². The van der Waals surface area contributed by atoms with Crippen LogP contribution in [-0.4, -0.2) is 43.2 Å². The van der Waals surface area contributed by atoms with Crippen molar-refractivity contribution < 1.29 is 9.53 Å². The molecule has 104 valence electrons. The summed E-state index contributed by atoms with van der Waals surface area (Å²) in [5, 5.41) is 0. The number of piperidine rings is 1. The van der Waals surface area contributed by atoms with Crippen LogP contribution in [0.4, 0.5) is 5.82 Å². The second kappa shape index (κ2) is 5.99. The first kappa shape index (κ1) is 13.8. The van der Waals surface area contributed by atoms with E-state index in [2.05, 4.69) is 9.88 Å². The first-order chi connectivity index (χ1) is 9.17. The van der Waals surface area contributed by atoms with E-state index in [4.69, 9.17) is 16.2 Å². The second-order valence-corrected chi connectivity index (χ2v) is 4.70. The van der Waals surface area contributed by atoms with Crippen molar-refractivity contribution >= 4 is 11.7 Å². The van der Waals surface area contributed by atoms with Gasteiger partial charge in [-0.1, -0.05) is 0 Å². The zero-order valence-electron chi connectivity index (χ0n) is 11.1. The van der Waals surface area contributed by atoms with Gasteiger partial charge in [-0.15, -0.1) is 0 Å². The maximum atomic E-state index is 11.5. The van der Waals surface area contributed by atoms with E-state index in [0.29, 0.717) is 17.9 Å². The van der Waals surface area contributed by atoms with Crippen LogP contribution in [0.15, 0.2) is 18.3 Å². The first-order valence-electron chi connectivity index (χ1n) is 6.41. The van der Waals surface area contributed by atoms with Gasteiger partial charge >= 0.3 is 0 Å². The molecule has 1 aromatic heterocycles. The Bertz CT molecular complexity index is 452. The van der Waals surface area contributed by atoms with Gasteiger partial charge < -0.3 is 21.1 Å². The summed E-state index contributed by atoms with van der Waals surface area (Å²) in [4.78, 5) is 17.8. The SMILES string of the molecule is COC1CCN(c2ncccc2C(N)=O)C(CN)C1. The molecule has 0 saturated carbocycles. The number of nitrogens with two attached hydrogens (primary N) is 2. The minimum atomic E-state index is -0.465.